The third kappa shape index (κ3) is 4.43. The molecule has 0 atom stereocenters. The van der Waals surface area contributed by atoms with Gasteiger partial charge in [-0.2, -0.15) is 0 Å². The molecule has 0 radical (unpaired) electrons. The van der Waals surface area contributed by atoms with E-state index < -0.39 is 5.97 Å². The SMILES string of the molecule is CC(C)(C)c1cc(C(=O)O)cc(OCC2CCOCC2)n1. The van der Waals surface area contributed by atoms with Gasteiger partial charge in [-0.3, -0.25) is 0 Å². The summed E-state index contributed by atoms with van der Waals surface area (Å²) >= 11 is 0. The van der Waals surface area contributed by atoms with Crippen LogP contribution in [0.1, 0.15) is 49.7 Å². The molecule has 2 rings (SSSR count). The highest BCUT2D eigenvalue weighted by Crippen LogP contribution is 2.25. The molecule has 0 amide bonds. The number of nitrogens with zero attached hydrogens (tertiary/aromatic N) is 1. The highest BCUT2D eigenvalue weighted by molar-refractivity contribution is 5.88. The highest BCUT2D eigenvalue weighted by atomic mass is 16.5. The number of hydrogen-bond acceptors (Lipinski definition) is 4. The summed E-state index contributed by atoms with van der Waals surface area (Å²) in [5.74, 6) is -0.114. The summed E-state index contributed by atoms with van der Waals surface area (Å²) in [5.41, 5.74) is 0.726. The number of hydrogen-bond donors (Lipinski definition) is 1. The fourth-order valence-corrected chi connectivity index (χ4v) is 2.20. The van der Waals surface area contributed by atoms with E-state index >= 15 is 0 Å². The molecule has 1 aliphatic rings. The summed E-state index contributed by atoms with van der Waals surface area (Å²) < 4.78 is 11.1. The predicted molar refractivity (Wildman–Crippen MR) is 78.9 cm³/mol. The first-order valence-electron chi connectivity index (χ1n) is 7.32. The zero-order valence-electron chi connectivity index (χ0n) is 12.9. The number of carbonyl (C=O) groups is 1. The lowest BCUT2D eigenvalue weighted by Gasteiger charge is -2.23. The first kappa shape index (κ1) is 15.8. The van der Waals surface area contributed by atoms with E-state index in [0.29, 0.717) is 18.4 Å². The number of pyridine rings is 1. The molecule has 0 spiro atoms. The summed E-state index contributed by atoms with van der Waals surface area (Å²) in [5, 5.41) is 9.22. The Balaban J connectivity index is 2.13. The molecule has 1 saturated heterocycles. The molecule has 1 N–H and O–H groups in total. The van der Waals surface area contributed by atoms with Crippen LogP contribution in [0.25, 0.3) is 0 Å². The molecule has 1 fully saturated rings. The van der Waals surface area contributed by atoms with Crippen molar-refractivity contribution >= 4 is 5.97 Å². The van der Waals surface area contributed by atoms with Gasteiger partial charge in [0.25, 0.3) is 0 Å². The van der Waals surface area contributed by atoms with Gasteiger partial charge in [-0.1, -0.05) is 20.8 Å². The van der Waals surface area contributed by atoms with E-state index in [1.54, 1.807) is 6.07 Å². The average molecular weight is 293 g/mol. The van der Waals surface area contributed by atoms with Crippen molar-refractivity contribution in [1.82, 2.24) is 4.98 Å². The van der Waals surface area contributed by atoms with Gasteiger partial charge in [-0.15, -0.1) is 0 Å². The van der Waals surface area contributed by atoms with E-state index in [0.717, 1.165) is 31.7 Å². The number of carboxylic acids is 1. The van der Waals surface area contributed by atoms with E-state index in [9.17, 15) is 9.90 Å². The van der Waals surface area contributed by atoms with Gasteiger partial charge in [0.05, 0.1) is 17.9 Å². The number of ether oxygens (including phenoxy) is 2. The van der Waals surface area contributed by atoms with Crippen molar-refractivity contribution in [1.29, 1.82) is 0 Å². The maximum atomic E-state index is 11.2. The molecule has 0 aliphatic carbocycles. The van der Waals surface area contributed by atoms with Crippen LogP contribution in [-0.2, 0) is 10.2 Å². The van der Waals surface area contributed by atoms with Gasteiger partial charge >= 0.3 is 5.97 Å². The number of aromatic nitrogens is 1. The number of rotatable bonds is 4. The second kappa shape index (κ2) is 6.43. The minimum Gasteiger partial charge on any atom is -0.478 e. The molecule has 0 saturated carbocycles. The Morgan fingerprint density at radius 1 is 1.38 bits per heavy atom. The minimum absolute atomic E-state index is 0.219. The molecule has 0 bridgehead atoms. The second-order valence-corrected chi connectivity index (χ2v) is 6.50. The molecule has 21 heavy (non-hydrogen) atoms. The smallest absolute Gasteiger partial charge is 0.335 e. The van der Waals surface area contributed by atoms with Crippen LogP contribution in [0.2, 0.25) is 0 Å². The van der Waals surface area contributed by atoms with Crippen molar-refractivity contribution in [3.05, 3.63) is 23.4 Å². The average Bonchev–Trinajstić information content (AvgIpc) is 2.45. The second-order valence-electron chi connectivity index (χ2n) is 6.50. The molecular weight excluding hydrogens is 270 g/mol. The summed E-state index contributed by atoms with van der Waals surface area (Å²) in [4.78, 5) is 15.7. The van der Waals surface area contributed by atoms with Crippen LogP contribution in [0.3, 0.4) is 0 Å². The molecule has 0 unspecified atom stereocenters. The monoisotopic (exact) mass is 293 g/mol. The normalized spacial score (nSPS) is 16.7. The Hall–Kier alpha value is -1.62. The van der Waals surface area contributed by atoms with Crippen LogP contribution in [0.15, 0.2) is 12.1 Å². The van der Waals surface area contributed by atoms with Gasteiger partial charge in [-0.05, 0) is 24.8 Å². The summed E-state index contributed by atoms with van der Waals surface area (Å²) in [7, 11) is 0. The Kier molecular flexibility index (Phi) is 4.83. The van der Waals surface area contributed by atoms with Crippen molar-refractivity contribution in [3.63, 3.8) is 0 Å². The van der Waals surface area contributed by atoms with E-state index in [1.807, 2.05) is 20.8 Å². The zero-order valence-corrected chi connectivity index (χ0v) is 12.9. The van der Waals surface area contributed by atoms with Crippen molar-refractivity contribution in [2.24, 2.45) is 5.92 Å². The van der Waals surface area contributed by atoms with Crippen LogP contribution in [-0.4, -0.2) is 35.9 Å². The molecule has 5 heteroatoms. The molecule has 1 aromatic heterocycles. The minimum atomic E-state index is -0.959. The van der Waals surface area contributed by atoms with Crippen molar-refractivity contribution < 1.29 is 19.4 Å². The maximum Gasteiger partial charge on any atom is 0.335 e. The maximum absolute atomic E-state index is 11.2. The van der Waals surface area contributed by atoms with Crippen LogP contribution in [0.5, 0.6) is 5.88 Å². The lowest BCUT2D eigenvalue weighted by molar-refractivity contribution is 0.0489. The lowest BCUT2D eigenvalue weighted by atomic mass is 9.91. The lowest BCUT2D eigenvalue weighted by Crippen LogP contribution is -2.22. The van der Waals surface area contributed by atoms with Crippen LogP contribution >= 0.6 is 0 Å². The standard InChI is InChI=1S/C16H23NO4/c1-16(2,3)13-8-12(15(18)19)9-14(17-13)21-10-11-4-6-20-7-5-11/h8-9,11H,4-7,10H2,1-3H3,(H,18,19). The molecular formula is C16H23NO4. The fraction of sp³-hybridized carbons (Fsp3) is 0.625. The Bertz CT molecular complexity index is 501. The van der Waals surface area contributed by atoms with E-state index in [-0.39, 0.29) is 11.0 Å². The van der Waals surface area contributed by atoms with Crippen LogP contribution in [0, 0.1) is 5.92 Å². The summed E-state index contributed by atoms with van der Waals surface area (Å²) in [6.07, 6.45) is 1.95. The quantitative estimate of drug-likeness (QED) is 0.924. The first-order valence-corrected chi connectivity index (χ1v) is 7.32. The van der Waals surface area contributed by atoms with Gasteiger partial charge in [0, 0.05) is 24.7 Å². The topological polar surface area (TPSA) is 68.7 Å². The fourth-order valence-electron chi connectivity index (χ4n) is 2.20. The van der Waals surface area contributed by atoms with Crippen molar-refractivity contribution in [3.8, 4) is 5.88 Å². The zero-order chi connectivity index (χ0) is 15.5. The van der Waals surface area contributed by atoms with Crippen LogP contribution < -0.4 is 4.74 Å². The van der Waals surface area contributed by atoms with Gasteiger partial charge in [0.2, 0.25) is 5.88 Å². The van der Waals surface area contributed by atoms with E-state index in [1.165, 1.54) is 6.07 Å². The molecule has 0 aromatic carbocycles. The largest absolute Gasteiger partial charge is 0.478 e. The van der Waals surface area contributed by atoms with Crippen molar-refractivity contribution in [2.45, 2.75) is 39.0 Å². The predicted octanol–water partition coefficient (Wildman–Crippen LogP) is 2.88. The van der Waals surface area contributed by atoms with Gasteiger partial charge in [0.1, 0.15) is 0 Å². The third-order valence-electron chi connectivity index (χ3n) is 3.63. The summed E-state index contributed by atoms with van der Waals surface area (Å²) in [6, 6.07) is 3.11. The Morgan fingerprint density at radius 3 is 2.62 bits per heavy atom. The third-order valence-corrected chi connectivity index (χ3v) is 3.63. The number of aromatic carboxylic acids is 1. The highest BCUT2D eigenvalue weighted by Gasteiger charge is 2.20. The molecule has 1 aliphatic heterocycles. The Labute approximate surface area is 125 Å². The number of carboxylic acid groups (broad SMARTS) is 1. The summed E-state index contributed by atoms with van der Waals surface area (Å²) in [6.45, 7) is 8.10. The van der Waals surface area contributed by atoms with Gasteiger partial charge in [-0.25, -0.2) is 9.78 Å². The molecule has 5 nitrogen and oxygen atoms in total. The van der Waals surface area contributed by atoms with Gasteiger partial charge < -0.3 is 14.6 Å². The molecule has 2 heterocycles. The van der Waals surface area contributed by atoms with Crippen LogP contribution in [0.4, 0.5) is 0 Å². The van der Waals surface area contributed by atoms with Gasteiger partial charge in [0.15, 0.2) is 0 Å². The Morgan fingerprint density at radius 2 is 2.05 bits per heavy atom. The van der Waals surface area contributed by atoms with Crippen molar-refractivity contribution in [2.75, 3.05) is 19.8 Å². The van der Waals surface area contributed by atoms with E-state index in [2.05, 4.69) is 4.98 Å². The molecule has 116 valence electrons. The molecule has 1 aromatic rings. The first-order chi connectivity index (χ1) is 9.86. The van der Waals surface area contributed by atoms with E-state index in [4.69, 9.17) is 9.47 Å².